The number of hydrogen-bond donors (Lipinski definition) is 1. The van der Waals surface area contributed by atoms with Crippen LogP contribution in [0.1, 0.15) is 23.0 Å². The highest BCUT2D eigenvalue weighted by atomic mass is 35.5. The van der Waals surface area contributed by atoms with Gasteiger partial charge in [0.2, 0.25) is 5.91 Å². The third-order valence-corrected chi connectivity index (χ3v) is 5.38. The number of nitrogens with one attached hydrogen (secondary N) is 1. The Morgan fingerprint density at radius 2 is 2.00 bits per heavy atom. The van der Waals surface area contributed by atoms with Gasteiger partial charge in [0.25, 0.3) is 5.91 Å². The number of halogens is 1. The Morgan fingerprint density at radius 3 is 2.67 bits per heavy atom. The molecular weight excluding hydrogens is 406 g/mol. The van der Waals surface area contributed by atoms with E-state index in [1.54, 1.807) is 18.0 Å². The van der Waals surface area contributed by atoms with Gasteiger partial charge in [0.1, 0.15) is 0 Å². The Hall–Kier alpha value is -2.42. The Kier molecular flexibility index (Phi) is 7.84. The fraction of sp³-hybridized carbons (Fsp3) is 0.476. The van der Waals surface area contributed by atoms with Gasteiger partial charge in [0.05, 0.1) is 36.3 Å². The van der Waals surface area contributed by atoms with Crippen molar-refractivity contribution in [2.75, 3.05) is 53.0 Å². The van der Waals surface area contributed by atoms with Crippen LogP contribution < -0.4 is 5.32 Å². The van der Waals surface area contributed by atoms with Gasteiger partial charge in [0.15, 0.2) is 0 Å². The lowest BCUT2D eigenvalue weighted by atomic mass is 10.1. The van der Waals surface area contributed by atoms with E-state index in [-0.39, 0.29) is 11.8 Å². The third kappa shape index (κ3) is 5.38. The molecular formula is C21H28ClN5O3. The minimum absolute atomic E-state index is 0.0238. The van der Waals surface area contributed by atoms with E-state index >= 15 is 0 Å². The zero-order valence-corrected chi connectivity index (χ0v) is 18.2. The van der Waals surface area contributed by atoms with Crippen molar-refractivity contribution in [3.05, 3.63) is 46.7 Å². The number of aromatic nitrogens is 2. The molecule has 0 bridgehead atoms. The Bertz CT molecular complexity index is 877. The zero-order valence-electron chi connectivity index (χ0n) is 17.4. The molecule has 1 saturated heterocycles. The van der Waals surface area contributed by atoms with Crippen LogP contribution in [0.2, 0.25) is 5.02 Å². The highest BCUT2D eigenvalue weighted by Gasteiger charge is 2.26. The number of rotatable bonds is 8. The number of carbonyl (C=O) groups is 2. The first kappa shape index (κ1) is 22.3. The third-order valence-electron chi connectivity index (χ3n) is 5.14. The Balaban J connectivity index is 1.61. The molecule has 162 valence electrons. The number of nitrogens with zero attached hydrogens (tertiary/aromatic N) is 4. The van der Waals surface area contributed by atoms with E-state index in [9.17, 15) is 9.59 Å². The summed E-state index contributed by atoms with van der Waals surface area (Å²) in [5.74, 6) is -0.0489. The molecule has 9 heteroatoms. The standard InChI is InChI=1S/C21H28ClN5O3/c1-3-19-18(14-24-27(19)17-6-4-5-16(22)13-17)21(29)26-10-8-25(9-11-26)15-20(28)23-7-12-30-2/h4-6,13-14H,3,7-12,15H2,1-2H3,(H,23,28). The molecule has 0 radical (unpaired) electrons. The highest BCUT2D eigenvalue weighted by molar-refractivity contribution is 6.30. The van der Waals surface area contributed by atoms with Crippen molar-refractivity contribution in [3.63, 3.8) is 0 Å². The quantitative estimate of drug-likeness (QED) is 0.640. The highest BCUT2D eigenvalue weighted by Crippen LogP contribution is 2.20. The van der Waals surface area contributed by atoms with Crippen molar-refractivity contribution < 1.29 is 14.3 Å². The van der Waals surface area contributed by atoms with Crippen LogP contribution in [0.25, 0.3) is 5.69 Å². The molecule has 1 aromatic carbocycles. The summed E-state index contributed by atoms with van der Waals surface area (Å²) in [7, 11) is 1.60. The summed E-state index contributed by atoms with van der Waals surface area (Å²) in [6.07, 6.45) is 2.31. The summed E-state index contributed by atoms with van der Waals surface area (Å²) in [4.78, 5) is 29.0. The molecule has 1 aliphatic rings. The Morgan fingerprint density at radius 1 is 1.23 bits per heavy atom. The molecule has 1 N–H and O–H groups in total. The second kappa shape index (κ2) is 10.6. The van der Waals surface area contributed by atoms with Gasteiger partial charge >= 0.3 is 0 Å². The molecule has 30 heavy (non-hydrogen) atoms. The topological polar surface area (TPSA) is 79.7 Å². The molecule has 3 rings (SSSR count). The molecule has 0 saturated carbocycles. The van der Waals surface area contributed by atoms with Gasteiger partial charge in [-0.05, 0) is 24.6 Å². The summed E-state index contributed by atoms with van der Waals surface area (Å²) in [5, 5.41) is 7.89. The maximum atomic E-state index is 13.1. The lowest BCUT2D eigenvalue weighted by molar-refractivity contribution is -0.122. The maximum Gasteiger partial charge on any atom is 0.257 e. The van der Waals surface area contributed by atoms with Crippen LogP contribution in [-0.4, -0.2) is 84.4 Å². The van der Waals surface area contributed by atoms with Gasteiger partial charge < -0.3 is 15.0 Å². The van der Waals surface area contributed by atoms with E-state index in [1.807, 2.05) is 36.1 Å². The molecule has 1 fully saturated rings. The van der Waals surface area contributed by atoms with E-state index in [0.29, 0.717) is 62.9 Å². The first-order valence-corrected chi connectivity index (χ1v) is 10.5. The lowest BCUT2D eigenvalue weighted by Gasteiger charge is -2.34. The molecule has 0 atom stereocenters. The molecule has 0 unspecified atom stereocenters. The normalized spacial score (nSPS) is 14.7. The van der Waals surface area contributed by atoms with Gasteiger partial charge in [-0.25, -0.2) is 4.68 Å². The van der Waals surface area contributed by atoms with Crippen LogP contribution in [0.3, 0.4) is 0 Å². The van der Waals surface area contributed by atoms with E-state index < -0.39 is 0 Å². The average molecular weight is 434 g/mol. The van der Waals surface area contributed by atoms with Gasteiger partial charge in [-0.2, -0.15) is 5.10 Å². The first-order chi connectivity index (χ1) is 14.5. The smallest absolute Gasteiger partial charge is 0.257 e. The van der Waals surface area contributed by atoms with Crippen molar-refractivity contribution in [2.24, 2.45) is 0 Å². The molecule has 2 aromatic rings. The number of carbonyl (C=O) groups excluding carboxylic acids is 2. The van der Waals surface area contributed by atoms with E-state index in [0.717, 1.165) is 11.4 Å². The maximum absolute atomic E-state index is 13.1. The van der Waals surface area contributed by atoms with Crippen molar-refractivity contribution in [1.29, 1.82) is 0 Å². The van der Waals surface area contributed by atoms with Crippen molar-refractivity contribution in [2.45, 2.75) is 13.3 Å². The molecule has 0 aliphatic carbocycles. The number of benzene rings is 1. The number of methoxy groups -OCH3 is 1. The number of amides is 2. The predicted molar refractivity (Wildman–Crippen MR) is 115 cm³/mol. The molecule has 8 nitrogen and oxygen atoms in total. The summed E-state index contributed by atoms with van der Waals surface area (Å²) in [6.45, 7) is 5.82. The largest absolute Gasteiger partial charge is 0.383 e. The molecule has 1 aromatic heterocycles. The van der Waals surface area contributed by atoms with Crippen molar-refractivity contribution >= 4 is 23.4 Å². The molecule has 2 heterocycles. The summed E-state index contributed by atoms with van der Waals surface area (Å²) in [6, 6.07) is 7.43. The predicted octanol–water partition coefficient (Wildman–Crippen LogP) is 1.61. The number of hydrogen-bond acceptors (Lipinski definition) is 5. The monoisotopic (exact) mass is 433 g/mol. The SMILES string of the molecule is CCc1c(C(=O)N2CCN(CC(=O)NCCOC)CC2)cnn1-c1cccc(Cl)c1. The summed E-state index contributed by atoms with van der Waals surface area (Å²) in [5.41, 5.74) is 2.31. The van der Waals surface area contributed by atoms with Gasteiger partial charge in [-0.15, -0.1) is 0 Å². The lowest BCUT2D eigenvalue weighted by Crippen LogP contribution is -2.51. The van der Waals surface area contributed by atoms with Gasteiger partial charge in [-0.3, -0.25) is 14.5 Å². The second-order valence-corrected chi connectivity index (χ2v) is 7.60. The summed E-state index contributed by atoms with van der Waals surface area (Å²) >= 11 is 6.11. The number of piperazine rings is 1. The fourth-order valence-corrected chi connectivity index (χ4v) is 3.74. The molecule has 2 amide bonds. The molecule has 0 spiro atoms. The first-order valence-electron chi connectivity index (χ1n) is 10.1. The van der Waals surface area contributed by atoms with Gasteiger partial charge in [-0.1, -0.05) is 24.6 Å². The van der Waals surface area contributed by atoms with Crippen LogP contribution in [-0.2, 0) is 16.0 Å². The van der Waals surface area contributed by atoms with Crippen LogP contribution in [0.5, 0.6) is 0 Å². The van der Waals surface area contributed by atoms with E-state index in [2.05, 4.69) is 15.3 Å². The fourth-order valence-electron chi connectivity index (χ4n) is 3.55. The Labute approximate surface area is 181 Å². The average Bonchev–Trinajstić information content (AvgIpc) is 3.18. The van der Waals surface area contributed by atoms with Crippen LogP contribution in [0, 0.1) is 0 Å². The van der Waals surface area contributed by atoms with Crippen LogP contribution in [0.15, 0.2) is 30.5 Å². The zero-order chi connectivity index (χ0) is 21.5. The molecule has 1 aliphatic heterocycles. The van der Waals surface area contributed by atoms with E-state index in [4.69, 9.17) is 16.3 Å². The van der Waals surface area contributed by atoms with Crippen LogP contribution >= 0.6 is 11.6 Å². The van der Waals surface area contributed by atoms with Crippen molar-refractivity contribution in [3.8, 4) is 5.69 Å². The summed E-state index contributed by atoms with van der Waals surface area (Å²) < 4.78 is 6.71. The van der Waals surface area contributed by atoms with Crippen LogP contribution in [0.4, 0.5) is 0 Å². The van der Waals surface area contributed by atoms with Crippen molar-refractivity contribution in [1.82, 2.24) is 24.9 Å². The minimum atomic E-state index is -0.0251. The number of ether oxygens (including phenoxy) is 1. The van der Waals surface area contributed by atoms with Gasteiger partial charge in [0, 0.05) is 44.9 Å². The van der Waals surface area contributed by atoms with E-state index in [1.165, 1.54) is 0 Å². The second-order valence-electron chi connectivity index (χ2n) is 7.16. The minimum Gasteiger partial charge on any atom is -0.383 e.